The summed E-state index contributed by atoms with van der Waals surface area (Å²) in [5.41, 5.74) is 1.17. The highest BCUT2D eigenvalue weighted by molar-refractivity contribution is 7.92. The van der Waals surface area contributed by atoms with Crippen molar-refractivity contribution in [3.05, 3.63) is 48.4 Å². The highest BCUT2D eigenvalue weighted by Gasteiger charge is 2.25. The van der Waals surface area contributed by atoms with Gasteiger partial charge in [0.15, 0.2) is 17.5 Å². The van der Waals surface area contributed by atoms with Crippen molar-refractivity contribution in [1.29, 1.82) is 0 Å². The van der Waals surface area contributed by atoms with Crippen LogP contribution in [0, 0.1) is 0 Å². The third kappa shape index (κ3) is 20.2. The highest BCUT2D eigenvalue weighted by Crippen LogP contribution is 2.32. The van der Waals surface area contributed by atoms with E-state index < -0.39 is 10.0 Å². The predicted molar refractivity (Wildman–Crippen MR) is 253 cm³/mol. The zero-order valence-electron chi connectivity index (χ0n) is 38.4. The van der Waals surface area contributed by atoms with Crippen LogP contribution in [0.5, 0.6) is 5.75 Å². The Morgan fingerprint density at radius 2 is 0.983 bits per heavy atom. The van der Waals surface area contributed by atoms with Gasteiger partial charge < -0.3 is 14.4 Å². The summed E-state index contributed by atoms with van der Waals surface area (Å²) in [6, 6.07) is 9.27. The Balaban J connectivity index is 1.44. The van der Waals surface area contributed by atoms with Gasteiger partial charge in [-0.1, -0.05) is 213 Å². The summed E-state index contributed by atoms with van der Waals surface area (Å²) in [7, 11) is -2.61. The molecule has 60 heavy (non-hydrogen) atoms. The molecule has 0 saturated heterocycles. The van der Waals surface area contributed by atoms with E-state index in [4.69, 9.17) is 4.42 Å². The Bertz CT molecular complexity index is 1620. The largest absolute Gasteiger partial charge is 0.505 e. The van der Waals surface area contributed by atoms with Gasteiger partial charge in [0.2, 0.25) is 0 Å². The van der Waals surface area contributed by atoms with Crippen molar-refractivity contribution in [2.45, 2.75) is 224 Å². The molecule has 1 heterocycles. The summed E-state index contributed by atoms with van der Waals surface area (Å²) in [6.07, 6.45) is 43.1. The van der Waals surface area contributed by atoms with Gasteiger partial charge in [-0.2, -0.15) is 0 Å². The molecule has 0 spiro atoms. The van der Waals surface area contributed by atoms with Crippen molar-refractivity contribution in [3.8, 4) is 5.75 Å². The monoisotopic (exact) mass is 852 g/mol. The number of oxazole rings is 1. The molecule has 3 rings (SSSR count). The lowest BCUT2D eigenvalue weighted by Gasteiger charge is -2.24. The van der Waals surface area contributed by atoms with Crippen LogP contribution in [0.3, 0.4) is 0 Å². The number of fused-ring (bicyclic) bond motifs is 1. The Morgan fingerprint density at radius 1 is 0.583 bits per heavy atom. The molecule has 0 bridgehead atoms. The third-order valence-corrected chi connectivity index (χ3v) is 14.1. The minimum Gasteiger partial charge on any atom is -0.505 e. The first-order valence-corrected chi connectivity index (χ1v) is 26.2. The van der Waals surface area contributed by atoms with Crippen LogP contribution in [-0.2, 0) is 10.0 Å². The van der Waals surface area contributed by atoms with Crippen molar-refractivity contribution in [1.82, 2.24) is 9.88 Å². The average Bonchev–Trinajstić information content (AvgIpc) is 3.74. The van der Waals surface area contributed by atoms with Gasteiger partial charge in [-0.15, -0.1) is 0 Å². The Kier molecular flexibility index (Phi) is 27.1. The summed E-state index contributed by atoms with van der Waals surface area (Å²) in [5.74, 6) is -0.279. The van der Waals surface area contributed by atoms with Gasteiger partial charge in [0.25, 0.3) is 15.9 Å². The number of carbonyl (C=O) groups is 1. The van der Waals surface area contributed by atoms with E-state index in [2.05, 4.69) is 18.8 Å². The second kappa shape index (κ2) is 31.7. The molecule has 1 N–H and O–H groups in total. The summed E-state index contributed by atoms with van der Waals surface area (Å²) >= 11 is 0. The summed E-state index contributed by atoms with van der Waals surface area (Å²) in [4.78, 5) is 20.0. The summed E-state index contributed by atoms with van der Waals surface area (Å²) in [6.45, 7) is 5.92. The number of unbranched alkanes of at least 4 members (excludes halogenated alkanes) is 30. The van der Waals surface area contributed by atoms with Crippen LogP contribution in [0.2, 0.25) is 0 Å². The van der Waals surface area contributed by atoms with E-state index in [1.54, 1.807) is 12.1 Å². The first-order chi connectivity index (χ1) is 29.3. The number of nitrogens with zero attached hydrogens (tertiary/aromatic N) is 3. The van der Waals surface area contributed by atoms with Gasteiger partial charge in [-0.3, -0.25) is 9.10 Å². The number of benzene rings is 2. The number of hydrogen-bond acceptors (Lipinski definition) is 6. The van der Waals surface area contributed by atoms with Gasteiger partial charge in [0, 0.05) is 37.8 Å². The topological polar surface area (TPSA) is 104 Å². The molecule has 8 nitrogen and oxygen atoms in total. The number of phenolic OH excluding ortho intramolecular Hbond substituents is 1. The first kappa shape index (κ1) is 51.3. The average molecular weight is 852 g/mol. The van der Waals surface area contributed by atoms with Crippen molar-refractivity contribution >= 4 is 32.7 Å². The van der Waals surface area contributed by atoms with E-state index in [1.165, 1.54) is 217 Å². The number of hydrogen-bond donors (Lipinski definition) is 1. The molecular formula is C51H85N3O5S. The zero-order valence-corrected chi connectivity index (χ0v) is 39.2. The van der Waals surface area contributed by atoms with Gasteiger partial charge >= 0.3 is 0 Å². The maximum absolute atomic E-state index is 14.1. The summed E-state index contributed by atoms with van der Waals surface area (Å²) in [5, 5.41) is 10.4. The van der Waals surface area contributed by atoms with E-state index in [9.17, 15) is 18.3 Å². The van der Waals surface area contributed by atoms with Crippen LogP contribution in [0.4, 0.5) is 5.69 Å². The molecule has 3 aromatic rings. The van der Waals surface area contributed by atoms with Gasteiger partial charge in [0.1, 0.15) is 5.75 Å². The number of phenols is 1. The predicted octanol–water partition coefficient (Wildman–Crippen LogP) is 15.3. The molecule has 0 saturated carbocycles. The molecule has 1 amide bonds. The van der Waals surface area contributed by atoms with Crippen molar-refractivity contribution < 1.29 is 22.7 Å². The number of rotatable bonds is 38. The SMILES string of the molecule is CCCCCCCCCCCCCCCCCCN(CCCCCCCCCCCCCCCCCC)C(=O)c1cccc(S(=O)(=O)N(C)c2cc(O)c3ncoc3c2)c1. The fraction of sp³-hybridized carbons (Fsp3) is 0.725. The maximum atomic E-state index is 14.1. The Labute approximate surface area is 366 Å². The van der Waals surface area contributed by atoms with E-state index in [0.29, 0.717) is 18.7 Å². The second-order valence-corrected chi connectivity index (χ2v) is 19.5. The number of amides is 1. The van der Waals surface area contributed by atoms with E-state index >= 15 is 0 Å². The van der Waals surface area contributed by atoms with Crippen LogP contribution >= 0.6 is 0 Å². The standard InChI is InChI=1S/C51H85N3O5S/c1-4-6-8-10-12-14-16-18-20-22-24-26-28-30-32-34-39-54(40-35-33-31-29-27-25-23-21-19-17-15-13-11-9-7-5-2)51(56)45-37-36-38-47(41-45)60(57,58)53(3)46-42-48(55)50-49(43-46)59-44-52-50/h36-38,41-44,55H,4-35,39-40H2,1-3H3. The lowest BCUT2D eigenvalue weighted by molar-refractivity contribution is 0.0749. The normalized spacial score (nSPS) is 11.8. The van der Waals surface area contributed by atoms with Crippen LogP contribution in [0.25, 0.3) is 11.1 Å². The number of aromatic nitrogens is 1. The van der Waals surface area contributed by atoms with Gasteiger partial charge in [0.05, 0.1) is 10.6 Å². The van der Waals surface area contributed by atoms with Crippen LogP contribution in [0.1, 0.15) is 230 Å². The highest BCUT2D eigenvalue weighted by atomic mass is 32.2. The Hall–Kier alpha value is -3.07. The lowest BCUT2D eigenvalue weighted by atomic mass is 10.0. The molecule has 0 radical (unpaired) electrons. The molecule has 0 aliphatic rings. The van der Waals surface area contributed by atoms with Crippen LogP contribution in [-0.4, -0.2) is 49.5 Å². The molecule has 2 aromatic carbocycles. The molecule has 0 unspecified atom stereocenters. The molecule has 0 aliphatic carbocycles. The molecule has 340 valence electrons. The van der Waals surface area contributed by atoms with Crippen molar-refractivity contribution in [2.75, 3.05) is 24.4 Å². The number of aromatic hydroxyl groups is 1. The number of anilines is 1. The fourth-order valence-corrected chi connectivity index (χ4v) is 9.63. The van der Waals surface area contributed by atoms with Gasteiger partial charge in [-0.25, -0.2) is 13.4 Å². The number of carbonyl (C=O) groups excluding carboxylic acids is 1. The lowest BCUT2D eigenvalue weighted by Crippen LogP contribution is -2.33. The molecule has 1 aromatic heterocycles. The van der Waals surface area contributed by atoms with E-state index in [1.807, 2.05) is 4.90 Å². The van der Waals surface area contributed by atoms with Crippen molar-refractivity contribution in [2.24, 2.45) is 0 Å². The van der Waals surface area contributed by atoms with Crippen LogP contribution < -0.4 is 4.31 Å². The van der Waals surface area contributed by atoms with E-state index in [-0.39, 0.29) is 33.3 Å². The number of sulfonamides is 1. The minimum atomic E-state index is -4.04. The van der Waals surface area contributed by atoms with Crippen LogP contribution in [0.15, 0.2) is 52.1 Å². The van der Waals surface area contributed by atoms with Crippen molar-refractivity contribution in [3.63, 3.8) is 0 Å². The summed E-state index contributed by atoms with van der Waals surface area (Å²) < 4.78 is 34.1. The fourth-order valence-electron chi connectivity index (χ4n) is 8.40. The third-order valence-electron chi connectivity index (χ3n) is 12.4. The second-order valence-electron chi connectivity index (χ2n) is 17.6. The Morgan fingerprint density at radius 3 is 1.40 bits per heavy atom. The van der Waals surface area contributed by atoms with E-state index in [0.717, 1.165) is 30.0 Å². The van der Waals surface area contributed by atoms with Gasteiger partial charge in [-0.05, 0) is 31.0 Å². The first-order valence-electron chi connectivity index (χ1n) is 24.7. The quantitative estimate of drug-likeness (QED) is 0.0576. The molecule has 9 heteroatoms. The zero-order chi connectivity index (χ0) is 43.1. The maximum Gasteiger partial charge on any atom is 0.264 e. The molecule has 0 fully saturated rings. The smallest absolute Gasteiger partial charge is 0.264 e. The molecular weight excluding hydrogens is 767 g/mol. The molecule has 0 aliphatic heterocycles. The molecule has 0 atom stereocenters. The minimum absolute atomic E-state index is 0.0257.